The fourth-order valence-corrected chi connectivity index (χ4v) is 6.99. The molecule has 2 aromatic carbocycles. The van der Waals surface area contributed by atoms with Crippen molar-refractivity contribution in [2.45, 2.75) is 187 Å². The molecule has 0 aliphatic carbocycles. The van der Waals surface area contributed by atoms with Crippen molar-refractivity contribution in [1.29, 1.82) is 0 Å². The van der Waals surface area contributed by atoms with E-state index in [4.69, 9.17) is 34.3 Å². The van der Waals surface area contributed by atoms with Gasteiger partial charge in [0.15, 0.2) is 58.4 Å². The van der Waals surface area contributed by atoms with Crippen LogP contribution in [0.4, 0.5) is 45.1 Å². The van der Waals surface area contributed by atoms with E-state index in [1.807, 2.05) is 0 Å². The molecule has 42 heteroatoms. The van der Waals surface area contributed by atoms with Gasteiger partial charge in [-0.1, -0.05) is 28.1 Å². The molecule has 0 saturated heterocycles. The smallest absolute Gasteiger partial charge is 0.471 e. The Hall–Kier alpha value is -9.48. The first-order valence-corrected chi connectivity index (χ1v) is 31.4. The average molecular weight is 1590 g/mol. The summed E-state index contributed by atoms with van der Waals surface area (Å²) >= 11 is 2.98. The zero-order chi connectivity index (χ0) is 82.1. The highest BCUT2D eigenvalue weighted by Crippen LogP contribution is 2.23. The number of hydrogen-bond donors (Lipinski definition) is 8. The number of carbonyl (C=O) groups is 13. The number of aliphatic carboxylic acids is 1. The van der Waals surface area contributed by atoms with E-state index in [0.29, 0.717) is 6.21 Å². The van der Waals surface area contributed by atoms with Crippen molar-refractivity contribution < 1.29 is 165 Å². The summed E-state index contributed by atoms with van der Waals surface area (Å²) in [5.74, 6) is -15.6. The third kappa shape index (κ3) is 48.2. The van der Waals surface area contributed by atoms with Gasteiger partial charge in [0.05, 0.1) is 71.1 Å². The molecule has 0 fully saturated rings. The fraction of sp³-hybridized carbons (Fsp3) is 0.587. The van der Waals surface area contributed by atoms with Crippen LogP contribution in [0.5, 0.6) is 11.5 Å². The van der Waals surface area contributed by atoms with Crippen LogP contribution in [0.15, 0.2) is 36.4 Å². The molecule has 4 amide bonds. The summed E-state index contributed by atoms with van der Waals surface area (Å²) in [5.41, 5.74) is 5.44. The summed E-state index contributed by atoms with van der Waals surface area (Å²) < 4.78 is 142. The molecule has 0 spiro atoms. The van der Waals surface area contributed by atoms with Crippen molar-refractivity contribution in [2.75, 3.05) is 54.1 Å². The second-order valence-electron chi connectivity index (χ2n) is 24.7. The maximum absolute atomic E-state index is 13.5. The van der Waals surface area contributed by atoms with E-state index in [0.717, 1.165) is 57.7 Å². The second kappa shape index (κ2) is 48.5. The normalized spacial score (nSPS) is 13.0. The van der Waals surface area contributed by atoms with E-state index in [-0.39, 0.29) is 30.4 Å². The SMILES string of the molecule is COC(=O)C[C@H](NC(=O)C(F)(F)F)C(=O)COc1c(F)cccc1F.COC(=O)C[C@H](NC(=O)OC(C)(C)C)C(=O)C=[N+]=[N-].COC(=O)C[C@H](NC(=O)OC(C)(C)C)C(=O)CBr.COC(=O)C[C@H](N[C@H](O)OC(C)(C)C)C(=O)O.CO[C@H](O)C[C@H](NC(=O)OC(C)(C)C)C(=O)COc1c(F)cccc1F. The quantitative estimate of drug-likeness (QED) is 0.00712. The standard InChI is InChI=1S/C17H23F2NO6.C14H12F5NO5.C11H18BrNO5.C11H17N3O5.C10H19NO6/c1-17(2,3)26-16(23)20-12(8-14(22)24-4)13(21)9-25-15-10(18)6-5-7-11(15)19;1-24-11(22)5-9(20-13(23)14(17,18)19)10(21)6-25-12-7(15)3-2-4-8(12)16;1-11(2,3)18-10(16)13-7(8(14)6-12)5-9(15)17-4;1-11(2,3)19-10(17)14-7(5-9(16)18-4)8(15)6-13-12;1-10(2,3)17-9(15)11-6(8(13)14)5-7(12)16-4/h5-7,12,14,22H,8-9H2,1-4H3,(H,20,23);2-4,9H,5-6H2,1H3,(H,20,23);7H,5-6H2,1-4H3,(H,13,16);6-7H,5H2,1-4H3,(H,14,17);6,9,11,15H,5H2,1-4H3,(H,13,14)/t12-,14-;9-;2*7-;6-,9+/m00000/s1. The van der Waals surface area contributed by atoms with Crippen molar-refractivity contribution in [3.63, 3.8) is 0 Å². The molecule has 0 aromatic heterocycles. The molecular weight excluding hydrogens is 1500 g/mol. The number of para-hydroxylation sites is 2. The Morgan fingerprint density at radius 2 is 0.829 bits per heavy atom. The van der Waals surface area contributed by atoms with Crippen LogP contribution in [0.3, 0.4) is 0 Å². The summed E-state index contributed by atoms with van der Waals surface area (Å²) in [4.78, 5) is 151. The first-order chi connectivity index (χ1) is 48.1. The van der Waals surface area contributed by atoms with Crippen LogP contribution in [0, 0.1) is 23.3 Å². The number of amides is 4. The zero-order valence-electron chi connectivity index (χ0n) is 60.3. The molecule has 8 N–H and O–H groups in total. The number of alkyl halides is 4. The van der Waals surface area contributed by atoms with Crippen molar-refractivity contribution >= 4 is 99.3 Å². The number of ether oxygens (including phenoxy) is 11. The van der Waals surface area contributed by atoms with Crippen LogP contribution in [0.25, 0.3) is 5.53 Å². The Kier molecular flexibility index (Phi) is 46.1. The third-order valence-electron chi connectivity index (χ3n) is 11.2. The lowest BCUT2D eigenvalue weighted by Gasteiger charge is -2.26. The number of halogens is 8. The Morgan fingerprint density at radius 3 is 1.13 bits per heavy atom. The van der Waals surface area contributed by atoms with E-state index in [2.05, 4.69) is 70.4 Å². The van der Waals surface area contributed by atoms with Crippen LogP contribution < -0.4 is 36.1 Å². The first-order valence-electron chi connectivity index (χ1n) is 30.3. The minimum absolute atomic E-state index is 0.0322. The number of Topliss-reactive ketones (excluding diaryl/α,β-unsaturated/α-hetero) is 4. The van der Waals surface area contributed by atoms with E-state index in [1.165, 1.54) is 19.5 Å². The molecular formula is C63H89BrF7N7O27. The van der Waals surface area contributed by atoms with Gasteiger partial charge in [0, 0.05) is 13.5 Å². The lowest BCUT2D eigenvalue weighted by molar-refractivity contribution is -0.190. The van der Waals surface area contributed by atoms with E-state index >= 15 is 0 Å². The number of esters is 4. The molecule has 594 valence electrons. The molecule has 2 aromatic rings. The number of ketones is 4. The molecule has 0 aliphatic rings. The molecule has 0 heterocycles. The Bertz CT molecular complexity index is 3220. The topological polar surface area (TPSA) is 481 Å². The number of nitrogens with one attached hydrogen (secondary N) is 5. The van der Waals surface area contributed by atoms with Gasteiger partial charge in [-0.2, -0.15) is 18.0 Å². The molecule has 0 unspecified atom stereocenters. The molecule has 0 aliphatic heterocycles. The zero-order valence-corrected chi connectivity index (χ0v) is 61.9. The van der Waals surface area contributed by atoms with Crippen molar-refractivity contribution in [1.82, 2.24) is 26.6 Å². The lowest BCUT2D eigenvalue weighted by atomic mass is 10.1. The number of carboxylic acid groups (broad SMARTS) is 1. The van der Waals surface area contributed by atoms with Crippen LogP contribution in [0.2, 0.25) is 0 Å². The van der Waals surface area contributed by atoms with Gasteiger partial charge >= 0.3 is 66.4 Å². The average Bonchev–Trinajstić information content (AvgIpc) is 0.868. The fourth-order valence-electron chi connectivity index (χ4n) is 6.60. The molecule has 0 radical (unpaired) electrons. The molecule has 34 nitrogen and oxygen atoms in total. The van der Waals surface area contributed by atoms with Gasteiger partial charge in [0.25, 0.3) is 5.78 Å². The monoisotopic (exact) mass is 1590 g/mol. The maximum Gasteiger partial charge on any atom is 0.471 e. The van der Waals surface area contributed by atoms with E-state index in [9.17, 15) is 103 Å². The maximum atomic E-state index is 13.5. The predicted octanol–water partition coefficient (Wildman–Crippen LogP) is 5.09. The number of alkyl carbamates (subject to hydrolysis) is 3. The van der Waals surface area contributed by atoms with E-state index < -0.39 is 204 Å². The third-order valence-corrected chi connectivity index (χ3v) is 11.8. The number of hydrogen-bond acceptors (Lipinski definition) is 27. The number of rotatable bonds is 31. The van der Waals surface area contributed by atoms with Gasteiger partial charge in [-0.3, -0.25) is 53.3 Å². The van der Waals surface area contributed by atoms with Crippen molar-refractivity contribution in [3.8, 4) is 11.5 Å². The molecule has 0 bridgehead atoms. The highest BCUT2D eigenvalue weighted by molar-refractivity contribution is 9.09. The van der Waals surface area contributed by atoms with Crippen LogP contribution in [-0.2, 0) is 90.6 Å². The van der Waals surface area contributed by atoms with Gasteiger partial charge in [-0.25, -0.2) is 31.9 Å². The Balaban J connectivity index is -0.00000125. The molecule has 0 saturated carbocycles. The molecule has 105 heavy (non-hydrogen) atoms. The number of methoxy groups -OCH3 is 5. The van der Waals surface area contributed by atoms with Crippen molar-refractivity contribution in [2.24, 2.45) is 0 Å². The number of carboxylic acids is 1. The minimum atomic E-state index is -5.30. The summed E-state index contributed by atoms with van der Waals surface area (Å²) in [6, 6.07) is -0.803. The van der Waals surface area contributed by atoms with Crippen LogP contribution in [-0.4, -0.2) is 229 Å². The van der Waals surface area contributed by atoms with Gasteiger partial charge in [-0.05, 0) is 107 Å². The summed E-state index contributed by atoms with van der Waals surface area (Å²) in [7, 11) is 5.65. The van der Waals surface area contributed by atoms with Crippen molar-refractivity contribution in [3.05, 3.63) is 65.2 Å². The van der Waals surface area contributed by atoms with Gasteiger partial charge in [0.1, 0.15) is 54.2 Å². The molecule has 2 rings (SSSR count). The predicted molar refractivity (Wildman–Crippen MR) is 350 cm³/mol. The second-order valence-corrected chi connectivity index (χ2v) is 25.2. The highest BCUT2D eigenvalue weighted by atomic mass is 79.9. The number of benzene rings is 2. The number of carbonyl (C=O) groups excluding carboxylic acids is 12. The van der Waals surface area contributed by atoms with Gasteiger partial charge < -0.3 is 94.2 Å². The summed E-state index contributed by atoms with van der Waals surface area (Å²) in [6.07, 6.45) is -12.2. The van der Waals surface area contributed by atoms with Crippen LogP contribution >= 0.6 is 15.9 Å². The van der Waals surface area contributed by atoms with Gasteiger partial charge in [0.2, 0.25) is 6.41 Å². The number of aliphatic hydroxyl groups excluding tert-OH is 2. The highest BCUT2D eigenvalue weighted by Gasteiger charge is 2.42. The number of aliphatic hydroxyl groups is 2. The largest absolute Gasteiger partial charge is 0.480 e. The minimum Gasteiger partial charge on any atom is -0.480 e. The Morgan fingerprint density at radius 1 is 0.505 bits per heavy atom. The lowest BCUT2D eigenvalue weighted by Crippen LogP contribution is -2.49. The van der Waals surface area contributed by atoms with Gasteiger partial charge in [-0.15, -0.1) is 0 Å². The first kappa shape index (κ1) is 99.7. The summed E-state index contributed by atoms with van der Waals surface area (Å²) in [6.45, 7) is 18.3. The van der Waals surface area contributed by atoms with Crippen LogP contribution in [0.1, 0.15) is 115 Å². The Labute approximate surface area is 606 Å². The summed E-state index contributed by atoms with van der Waals surface area (Å²) in [5, 5.41) is 38.3. The van der Waals surface area contributed by atoms with E-state index in [1.54, 1.807) is 83.1 Å². The number of nitrogens with zero attached hydrogens (tertiary/aromatic N) is 2. The molecule has 7 atom stereocenters.